The van der Waals surface area contributed by atoms with Crippen molar-refractivity contribution in [3.8, 4) is 0 Å². The lowest BCUT2D eigenvalue weighted by Gasteiger charge is -2.08. The van der Waals surface area contributed by atoms with Gasteiger partial charge in [0.25, 0.3) is 5.56 Å². The third-order valence-corrected chi connectivity index (χ3v) is 6.19. The molecule has 3 heterocycles. The van der Waals surface area contributed by atoms with E-state index in [-0.39, 0.29) is 18.0 Å². The minimum absolute atomic E-state index is 0.168. The largest absolute Gasteiger partial charge is 0.350 e. The van der Waals surface area contributed by atoms with Crippen molar-refractivity contribution in [1.82, 2.24) is 19.3 Å². The van der Waals surface area contributed by atoms with Crippen LogP contribution in [0.4, 0.5) is 5.69 Å². The molecule has 2 N–H and O–H groups in total. The molecule has 0 aliphatic rings. The molecule has 3 aromatic carbocycles. The number of H-pyrrole nitrogens is 1. The number of aryl methyl sites for hydroxylation is 1. The summed E-state index contributed by atoms with van der Waals surface area (Å²) in [6.07, 6.45) is 1.63. The van der Waals surface area contributed by atoms with E-state index in [1.54, 1.807) is 6.20 Å². The molecule has 6 rings (SSSR count). The number of carbonyl (C=O) groups is 1. The molecular formula is C26H21N5O2. The Morgan fingerprint density at radius 1 is 0.939 bits per heavy atom. The Morgan fingerprint density at radius 2 is 1.70 bits per heavy atom. The second-order valence-electron chi connectivity index (χ2n) is 8.11. The van der Waals surface area contributed by atoms with E-state index in [1.165, 1.54) is 10.2 Å². The highest BCUT2D eigenvalue weighted by molar-refractivity contribution is 6.10. The number of benzene rings is 3. The highest BCUT2D eigenvalue weighted by Gasteiger charge is 2.14. The Bertz CT molecular complexity index is 1760. The number of fused-ring (bicyclic) bond motifs is 6. The standard InChI is InChI=1S/C26H21N5O2/c1-2-30-22-10-6-4-8-18(22)19-13-16(11-12-23(19)30)28-24(32)15-31-26(33)25-20(14-27-31)17-7-3-5-9-21(17)29-25/h3-14,29H,2,15H2,1H3,(H,28,32). The van der Waals surface area contributed by atoms with E-state index in [9.17, 15) is 9.59 Å². The van der Waals surface area contributed by atoms with Crippen LogP contribution in [0.5, 0.6) is 0 Å². The second kappa shape index (κ2) is 7.34. The number of amides is 1. The summed E-state index contributed by atoms with van der Waals surface area (Å²) in [5.74, 6) is -0.307. The van der Waals surface area contributed by atoms with Crippen LogP contribution in [0.1, 0.15) is 6.92 Å². The van der Waals surface area contributed by atoms with Crippen molar-refractivity contribution in [2.75, 3.05) is 5.32 Å². The van der Waals surface area contributed by atoms with Gasteiger partial charge in [-0.15, -0.1) is 0 Å². The number of rotatable bonds is 4. The first-order chi connectivity index (χ1) is 16.1. The first kappa shape index (κ1) is 19.3. The predicted octanol–water partition coefficient (Wildman–Crippen LogP) is 4.64. The van der Waals surface area contributed by atoms with Crippen LogP contribution in [0.15, 0.2) is 77.7 Å². The molecule has 6 aromatic rings. The minimum atomic E-state index is -0.319. The average molecular weight is 435 g/mol. The fraction of sp³-hybridized carbons (Fsp3) is 0.115. The molecule has 7 nitrogen and oxygen atoms in total. The molecule has 1 amide bonds. The molecule has 162 valence electrons. The third-order valence-electron chi connectivity index (χ3n) is 6.19. The fourth-order valence-electron chi connectivity index (χ4n) is 4.70. The average Bonchev–Trinajstić information content (AvgIpc) is 3.37. The molecule has 33 heavy (non-hydrogen) atoms. The van der Waals surface area contributed by atoms with Gasteiger partial charge in [-0.05, 0) is 37.3 Å². The van der Waals surface area contributed by atoms with E-state index in [1.807, 2.05) is 54.6 Å². The maximum Gasteiger partial charge on any atom is 0.291 e. The van der Waals surface area contributed by atoms with Gasteiger partial charge in [0.15, 0.2) is 0 Å². The van der Waals surface area contributed by atoms with E-state index in [4.69, 9.17) is 0 Å². The van der Waals surface area contributed by atoms with Crippen molar-refractivity contribution in [2.24, 2.45) is 0 Å². The summed E-state index contributed by atoms with van der Waals surface area (Å²) in [6.45, 7) is 2.82. The summed E-state index contributed by atoms with van der Waals surface area (Å²) >= 11 is 0. The molecule has 0 radical (unpaired) electrons. The van der Waals surface area contributed by atoms with Crippen molar-refractivity contribution in [2.45, 2.75) is 20.0 Å². The number of nitrogens with one attached hydrogen (secondary N) is 2. The Morgan fingerprint density at radius 3 is 2.55 bits per heavy atom. The van der Waals surface area contributed by atoms with E-state index in [0.717, 1.165) is 39.1 Å². The van der Waals surface area contributed by atoms with Gasteiger partial charge in [-0.2, -0.15) is 5.10 Å². The molecule has 0 aliphatic carbocycles. The molecule has 0 unspecified atom stereocenters. The van der Waals surface area contributed by atoms with Crippen molar-refractivity contribution in [3.63, 3.8) is 0 Å². The molecule has 0 bridgehead atoms. The van der Waals surface area contributed by atoms with Gasteiger partial charge in [0.2, 0.25) is 5.91 Å². The zero-order chi connectivity index (χ0) is 22.5. The topological polar surface area (TPSA) is 84.7 Å². The quantitative estimate of drug-likeness (QED) is 0.423. The van der Waals surface area contributed by atoms with Crippen LogP contribution in [-0.4, -0.2) is 25.2 Å². The van der Waals surface area contributed by atoms with Crippen molar-refractivity contribution < 1.29 is 4.79 Å². The zero-order valence-corrected chi connectivity index (χ0v) is 18.0. The molecular weight excluding hydrogens is 414 g/mol. The number of hydrogen-bond acceptors (Lipinski definition) is 3. The first-order valence-corrected chi connectivity index (χ1v) is 10.9. The predicted molar refractivity (Wildman–Crippen MR) is 132 cm³/mol. The summed E-state index contributed by atoms with van der Waals surface area (Å²) in [4.78, 5) is 28.9. The number of anilines is 1. The van der Waals surface area contributed by atoms with Gasteiger partial charge in [0.05, 0.1) is 6.20 Å². The summed E-state index contributed by atoms with van der Waals surface area (Å²) in [5.41, 5.74) is 3.98. The third kappa shape index (κ3) is 3.01. The van der Waals surface area contributed by atoms with Crippen molar-refractivity contribution >= 4 is 55.2 Å². The lowest BCUT2D eigenvalue weighted by molar-refractivity contribution is -0.117. The van der Waals surface area contributed by atoms with Gasteiger partial charge >= 0.3 is 0 Å². The number of hydrogen-bond donors (Lipinski definition) is 2. The van der Waals surface area contributed by atoms with E-state index < -0.39 is 0 Å². The van der Waals surface area contributed by atoms with Crippen molar-refractivity contribution in [1.29, 1.82) is 0 Å². The van der Waals surface area contributed by atoms with Crippen LogP contribution >= 0.6 is 0 Å². The van der Waals surface area contributed by atoms with E-state index in [2.05, 4.69) is 39.0 Å². The van der Waals surface area contributed by atoms with Crippen LogP contribution in [0, 0.1) is 0 Å². The molecule has 0 fully saturated rings. The minimum Gasteiger partial charge on any atom is -0.350 e. The van der Waals surface area contributed by atoms with Crippen LogP contribution in [0.3, 0.4) is 0 Å². The number of nitrogens with zero attached hydrogens (tertiary/aromatic N) is 3. The maximum atomic E-state index is 12.9. The molecule has 0 saturated carbocycles. The lowest BCUT2D eigenvalue weighted by atomic mass is 10.1. The van der Waals surface area contributed by atoms with Crippen molar-refractivity contribution in [3.05, 3.63) is 83.3 Å². The van der Waals surface area contributed by atoms with Gasteiger partial charge in [0.1, 0.15) is 12.1 Å². The Kier molecular flexibility index (Phi) is 4.29. The van der Waals surface area contributed by atoms with Crippen LogP contribution < -0.4 is 10.9 Å². The van der Waals surface area contributed by atoms with Gasteiger partial charge in [-0.1, -0.05) is 36.4 Å². The molecule has 0 aliphatic heterocycles. The molecule has 7 heteroatoms. The smallest absolute Gasteiger partial charge is 0.291 e. The molecule has 0 saturated heterocycles. The summed E-state index contributed by atoms with van der Waals surface area (Å²) in [6, 6.07) is 21.8. The summed E-state index contributed by atoms with van der Waals surface area (Å²) in [7, 11) is 0. The van der Waals surface area contributed by atoms with E-state index >= 15 is 0 Å². The Hall–Kier alpha value is -4.39. The van der Waals surface area contributed by atoms with Crippen LogP contribution in [0.25, 0.3) is 43.6 Å². The zero-order valence-electron chi connectivity index (χ0n) is 18.0. The number of para-hydroxylation sites is 2. The molecule has 3 aromatic heterocycles. The Balaban J connectivity index is 1.32. The normalized spacial score (nSPS) is 11.7. The fourth-order valence-corrected chi connectivity index (χ4v) is 4.70. The lowest BCUT2D eigenvalue weighted by Crippen LogP contribution is -2.29. The monoisotopic (exact) mass is 435 g/mol. The van der Waals surface area contributed by atoms with E-state index in [0.29, 0.717) is 11.2 Å². The number of carbonyl (C=O) groups excluding carboxylic acids is 1. The highest BCUT2D eigenvalue weighted by Crippen LogP contribution is 2.31. The van der Waals surface area contributed by atoms with Gasteiger partial charge in [-0.25, -0.2) is 4.68 Å². The molecule has 0 atom stereocenters. The number of aromatic amines is 1. The van der Waals surface area contributed by atoms with Gasteiger partial charge in [0, 0.05) is 50.3 Å². The SMILES string of the molecule is CCn1c2ccccc2c2cc(NC(=O)Cn3ncc4c([nH]c5ccccc54)c3=O)ccc21. The highest BCUT2D eigenvalue weighted by atomic mass is 16.2. The first-order valence-electron chi connectivity index (χ1n) is 10.9. The number of aromatic nitrogens is 4. The van der Waals surface area contributed by atoms with Crippen LogP contribution in [0.2, 0.25) is 0 Å². The second-order valence-corrected chi connectivity index (χ2v) is 8.11. The molecule has 0 spiro atoms. The van der Waals surface area contributed by atoms with Gasteiger partial charge in [-0.3, -0.25) is 9.59 Å². The maximum absolute atomic E-state index is 12.9. The van der Waals surface area contributed by atoms with Gasteiger partial charge < -0.3 is 14.9 Å². The Labute approximate surface area is 188 Å². The van der Waals surface area contributed by atoms with Crippen LogP contribution in [-0.2, 0) is 17.9 Å². The summed E-state index contributed by atoms with van der Waals surface area (Å²) in [5, 5.41) is 11.1. The summed E-state index contributed by atoms with van der Waals surface area (Å²) < 4.78 is 3.45.